The van der Waals surface area contributed by atoms with Crippen LogP contribution < -0.4 is 10.6 Å². The van der Waals surface area contributed by atoms with E-state index >= 15 is 0 Å². The Morgan fingerprint density at radius 2 is 1.92 bits per heavy atom. The summed E-state index contributed by atoms with van der Waals surface area (Å²) in [5.74, 6) is -1.22. The van der Waals surface area contributed by atoms with E-state index in [-0.39, 0.29) is 40.8 Å². The Balaban J connectivity index is 2.02. The predicted octanol–water partition coefficient (Wildman–Crippen LogP) is 3.28. The number of methoxy groups -OCH3 is 1. The second-order valence-electron chi connectivity index (χ2n) is 8.97. The molecule has 1 aliphatic heterocycles. The molecule has 1 aromatic heterocycles. The Morgan fingerprint density at radius 1 is 1.21 bits per heavy atom. The van der Waals surface area contributed by atoms with Crippen LogP contribution in [-0.4, -0.2) is 52.7 Å². The summed E-state index contributed by atoms with van der Waals surface area (Å²) < 4.78 is 46.7. The number of H-pyrrole nitrogens is 1. The first kappa shape index (κ1) is 27.2. The number of ether oxygens (including phenoxy) is 1. The summed E-state index contributed by atoms with van der Waals surface area (Å²) in [6, 6.07) is 9.72. The quantitative estimate of drug-likeness (QED) is 0.493. The summed E-state index contributed by atoms with van der Waals surface area (Å²) in [6.45, 7) is 1.50. The van der Waals surface area contributed by atoms with Gasteiger partial charge in [-0.2, -0.15) is 18.4 Å². The summed E-state index contributed by atoms with van der Waals surface area (Å²) in [5, 5.41) is 15.8. The van der Waals surface area contributed by atoms with Gasteiger partial charge in [-0.3, -0.25) is 9.69 Å². The molecule has 0 saturated carbocycles. The lowest BCUT2D eigenvalue weighted by molar-refractivity contribution is -0.138. The number of fused-ring (bicyclic) bond motifs is 1. The van der Waals surface area contributed by atoms with Gasteiger partial charge in [0, 0.05) is 25.5 Å². The third-order valence-corrected chi connectivity index (χ3v) is 6.39. The van der Waals surface area contributed by atoms with Gasteiger partial charge < -0.3 is 9.64 Å². The molecular weight excluding hydrogens is 517 g/mol. The number of allylic oxidation sites excluding steroid dienone is 1. The molecule has 3 aromatic rings. The van der Waals surface area contributed by atoms with Gasteiger partial charge in [-0.05, 0) is 48.4 Å². The van der Waals surface area contributed by atoms with Crippen LogP contribution in [0, 0.1) is 11.3 Å². The maximum atomic E-state index is 13.5. The number of rotatable bonds is 5. The number of anilines is 2. The standard InChI is InChI=1S/C26H23F3N6O4/c1-14-21(23(37)39-4)22(19-9-8-15(13-30)10-16(19)11-20(36)33(2)3)35-24(31-32-25(35)38)34(14)18-7-5-6-17(12-18)26(27,28)29/h5-10,12,22H,11H2,1-4H3,(H,32,38)/t22-/m1/s1. The van der Waals surface area contributed by atoms with E-state index in [9.17, 15) is 32.8 Å². The first-order valence-corrected chi connectivity index (χ1v) is 11.6. The van der Waals surface area contributed by atoms with Crippen molar-refractivity contribution in [3.63, 3.8) is 0 Å². The van der Waals surface area contributed by atoms with Gasteiger partial charge in [-0.15, -0.1) is 5.10 Å². The van der Waals surface area contributed by atoms with Crippen LogP contribution in [0.4, 0.5) is 24.8 Å². The summed E-state index contributed by atoms with van der Waals surface area (Å²) in [5.41, 5.74) is -0.616. The molecule has 0 fully saturated rings. The van der Waals surface area contributed by atoms with Crippen molar-refractivity contribution in [3.05, 3.63) is 86.5 Å². The van der Waals surface area contributed by atoms with Gasteiger partial charge in [0.05, 0.1) is 36.3 Å². The number of aromatic amines is 1. The average molecular weight is 541 g/mol. The molecule has 2 heterocycles. The molecule has 1 aliphatic rings. The van der Waals surface area contributed by atoms with Gasteiger partial charge in [-0.1, -0.05) is 12.1 Å². The van der Waals surface area contributed by atoms with Crippen molar-refractivity contribution in [3.8, 4) is 6.07 Å². The number of nitrogens with zero attached hydrogens (tertiary/aromatic N) is 5. The van der Waals surface area contributed by atoms with Crippen molar-refractivity contribution in [2.75, 3.05) is 26.1 Å². The number of carbonyl (C=O) groups is 2. The highest BCUT2D eigenvalue weighted by atomic mass is 19.4. The molecule has 202 valence electrons. The number of hydrogen-bond acceptors (Lipinski definition) is 7. The van der Waals surface area contributed by atoms with E-state index in [2.05, 4.69) is 10.2 Å². The third-order valence-electron chi connectivity index (χ3n) is 6.39. The Morgan fingerprint density at radius 3 is 2.54 bits per heavy atom. The lowest BCUT2D eigenvalue weighted by Crippen LogP contribution is -2.38. The molecule has 39 heavy (non-hydrogen) atoms. The topological polar surface area (TPSA) is 124 Å². The van der Waals surface area contributed by atoms with Crippen molar-refractivity contribution in [2.45, 2.75) is 25.6 Å². The number of nitriles is 1. The lowest BCUT2D eigenvalue weighted by Gasteiger charge is -2.36. The highest BCUT2D eigenvalue weighted by Gasteiger charge is 2.41. The van der Waals surface area contributed by atoms with Crippen LogP contribution in [0.25, 0.3) is 0 Å². The van der Waals surface area contributed by atoms with Gasteiger partial charge in [0.15, 0.2) is 0 Å². The maximum Gasteiger partial charge on any atom is 0.416 e. The number of benzene rings is 2. The SMILES string of the molecule is COC(=O)C1=C(C)N(c2cccc(C(F)(F)F)c2)c2n[nH]c(=O)n2[C@@H]1c1ccc(C#N)cc1CC(=O)N(C)C. The largest absolute Gasteiger partial charge is 0.466 e. The van der Waals surface area contributed by atoms with Gasteiger partial charge in [-0.25, -0.2) is 19.3 Å². The van der Waals surface area contributed by atoms with E-state index in [1.807, 2.05) is 6.07 Å². The molecule has 4 rings (SSSR count). The van der Waals surface area contributed by atoms with Crippen LogP contribution in [0.15, 0.2) is 58.5 Å². The number of esters is 1. The number of likely N-dealkylation sites (N-methyl/N-ethyl adjacent to an activating group) is 1. The number of alkyl halides is 3. The minimum Gasteiger partial charge on any atom is -0.466 e. The zero-order valence-electron chi connectivity index (χ0n) is 21.3. The van der Waals surface area contributed by atoms with E-state index < -0.39 is 29.4 Å². The number of nitrogens with one attached hydrogen (secondary N) is 1. The first-order chi connectivity index (χ1) is 18.4. The van der Waals surface area contributed by atoms with Crippen LogP contribution in [0.5, 0.6) is 0 Å². The van der Waals surface area contributed by atoms with Crippen LogP contribution >= 0.6 is 0 Å². The summed E-state index contributed by atoms with van der Waals surface area (Å²) in [4.78, 5) is 41.6. The molecule has 0 unspecified atom stereocenters. The number of aromatic nitrogens is 3. The van der Waals surface area contributed by atoms with Crippen molar-refractivity contribution in [1.82, 2.24) is 19.7 Å². The third kappa shape index (κ3) is 4.88. The van der Waals surface area contributed by atoms with Crippen molar-refractivity contribution < 1.29 is 27.5 Å². The van der Waals surface area contributed by atoms with Gasteiger partial charge in [0.25, 0.3) is 0 Å². The molecule has 10 nitrogen and oxygen atoms in total. The minimum absolute atomic E-state index is 0.00488. The Labute approximate surface area is 220 Å². The number of halogens is 3. The van der Waals surface area contributed by atoms with E-state index in [1.54, 1.807) is 14.1 Å². The van der Waals surface area contributed by atoms with E-state index in [0.29, 0.717) is 11.1 Å². The smallest absolute Gasteiger partial charge is 0.416 e. The highest BCUT2D eigenvalue weighted by Crippen LogP contribution is 2.43. The molecule has 1 N–H and O–H groups in total. The van der Waals surface area contributed by atoms with E-state index in [0.717, 1.165) is 23.8 Å². The molecular formula is C26H23F3N6O4. The Hall–Kier alpha value is -4.86. The summed E-state index contributed by atoms with van der Waals surface area (Å²) in [7, 11) is 4.26. The van der Waals surface area contributed by atoms with Crippen LogP contribution in [0.2, 0.25) is 0 Å². The Bertz CT molecular complexity index is 1600. The molecule has 2 aromatic carbocycles. The van der Waals surface area contributed by atoms with Crippen LogP contribution in [-0.2, 0) is 26.9 Å². The molecule has 0 spiro atoms. The van der Waals surface area contributed by atoms with Crippen molar-refractivity contribution in [1.29, 1.82) is 5.26 Å². The molecule has 13 heteroatoms. The van der Waals surface area contributed by atoms with Gasteiger partial charge in [0.2, 0.25) is 11.9 Å². The highest BCUT2D eigenvalue weighted by molar-refractivity contribution is 5.94. The normalized spacial score (nSPS) is 15.0. The summed E-state index contributed by atoms with van der Waals surface area (Å²) >= 11 is 0. The van der Waals surface area contributed by atoms with Crippen LogP contribution in [0.3, 0.4) is 0 Å². The molecule has 0 radical (unpaired) electrons. The zero-order valence-corrected chi connectivity index (χ0v) is 21.3. The van der Waals surface area contributed by atoms with E-state index in [1.165, 1.54) is 47.1 Å². The van der Waals surface area contributed by atoms with Crippen molar-refractivity contribution >= 4 is 23.5 Å². The number of hydrogen-bond donors (Lipinski definition) is 1. The number of amides is 1. The molecule has 0 bridgehead atoms. The van der Waals surface area contributed by atoms with Gasteiger partial charge >= 0.3 is 17.8 Å². The Kier molecular flexibility index (Phi) is 7.06. The average Bonchev–Trinajstić information content (AvgIpc) is 3.27. The molecule has 1 atom stereocenters. The number of carbonyl (C=O) groups excluding carboxylic acids is 2. The van der Waals surface area contributed by atoms with E-state index in [4.69, 9.17) is 4.74 Å². The molecule has 1 amide bonds. The fourth-order valence-electron chi connectivity index (χ4n) is 4.49. The first-order valence-electron chi connectivity index (χ1n) is 11.6. The monoisotopic (exact) mass is 540 g/mol. The maximum absolute atomic E-state index is 13.5. The second-order valence-corrected chi connectivity index (χ2v) is 8.97. The van der Waals surface area contributed by atoms with Crippen LogP contribution in [0.1, 0.15) is 35.2 Å². The second kappa shape index (κ2) is 10.1. The fraction of sp³-hybridized carbons (Fsp3) is 0.269. The fourth-order valence-corrected chi connectivity index (χ4v) is 4.49. The minimum atomic E-state index is -4.64. The zero-order chi connectivity index (χ0) is 28.6. The predicted molar refractivity (Wildman–Crippen MR) is 133 cm³/mol. The lowest BCUT2D eigenvalue weighted by atomic mass is 9.89. The van der Waals surface area contributed by atoms with Gasteiger partial charge in [0.1, 0.15) is 6.04 Å². The molecule has 0 aliphatic carbocycles. The molecule has 0 saturated heterocycles. The van der Waals surface area contributed by atoms with Crippen molar-refractivity contribution in [2.24, 2.45) is 0 Å². The summed E-state index contributed by atoms with van der Waals surface area (Å²) in [6.07, 6.45) is -4.79.